The Kier molecular flexibility index (Phi) is 4.35. The largest absolute Gasteiger partial charge is 0.385 e. The fourth-order valence-corrected chi connectivity index (χ4v) is 1.52. The predicted molar refractivity (Wildman–Crippen MR) is 67.6 cm³/mol. The third-order valence-corrected chi connectivity index (χ3v) is 2.94. The first-order valence-corrected chi connectivity index (χ1v) is 5.69. The van der Waals surface area contributed by atoms with Gasteiger partial charge in [-0.25, -0.2) is 0 Å². The molecule has 0 aliphatic carbocycles. The lowest BCUT2D eigenvalue weighted by Crippen LogP contribution is -2.15. The minimum Gasteiger partial charge on any atom is -0.385 e. The Morgan fingerprint density at radius 1 is 1.50 bits per heavy atom. The van der Waals surface area contributed by atoms with Gasteiger partial charge in [0.1, 0.15) is 0 Å². The third kappa shape index (κ3) is 2.99. The summed E-state index contributed by atoms with van der Waals surface area (Å²) in [5, 5.41) is 3.35. The maximum Gasteiger partial charge on any atom is 0.249 e. The van der Waals surface area contributed by atoms with Gasteiger partial charge in [-0.2, -0.15) is 0 Å². The van der Waals surface area contributed by atoms with Crippen LogP contribution in [0.25, 0.3) is 0 Å². The van der Waals surface area contributed by atoms with Crippen LogP contribution in [0.5, 0.6) is 0 Å². The molecule has 3 N–H and O–H groups in total. The molecule has 0 aliphatic heterocycles. The quantitative estimate of drug-likeness (QED) is 0.801. The highest BCUT2D eigenvalue weighted by atomic mass is 16.1. The molecule has 1 rings (SSSR count). The van der Waals surface area contributed by atoms with Crippen molar-refractivity contribution in [2.24, 2.45) is 11.7 Å². The highest BCUT2D eigenvalue weighted by Gasteiger charge is 2.08. The number of nitrogens with two attached hydrogens (primary N) is 1. The Labute approximate surface area is 97.0 Å². The minimum absolute atomic E-state index is 0.371. The second-order valence-corrected chi connectivity index (χ2v) is 4.24. The maximum absolute atomic E-state index is 11.2. The van der Waals surface area contributed by atoms with E-state index in [0.29, 0.717) is 11.5 Å². The number of amides is 1. The van der Waals surface area contributed by atoms with E-state index >= 15 is 0 Å². The molecule has 0 aromatic heterocycles. The highest BCUT2D eigenvalue weighted by molar-refractivity contribution is 5.95. The van der Waals surface area contributed by atoms with Gasteiger partial charge in [0, 0.05) is 17.8 Å². The van der Waals surface area contributed by atoms with Gasteiger partial charge in [-0.1, -0.05) is 26.3 Å². The number of rotatable bonds is 5. The number of hydrogen-bond donors (Lipinski definition) is 2. The van der Waals surface area contributed by atoms with Gasteiger partial charge in [-0.05, 0) is 30.5 Å². The van der Waals surface area contributed by atoms with Gasteiger partial charge in [0.15, 0.2) is 0 Å². The van der Waals surface area contributed by atoms with Crippen LogP contribution in [-0.4, -0.2) is 12.5 Å². The van der Waals surface area contributed by atoms with Crippen molar-refractivity contribution in [3.8, 4) is 0 Å². The molecule has 0 spiro atoms. The monoisotopic (exact) mass is 220 g/mol. The number of benzene rings is 1. The SMILES string of the molecule is CCC(C)CNc1cccc(C(N)=O)c1C. The average Bonchev–Trinajstić information content (AvgIpc) is 2.26. The van der Waals surface area contributed by atoms with Crippen LogP contribution in [0.1, 0.15) is 36.2 Å². The van der Waals surface area contributed by atoms with E-state index < -0.39 is 0 Å². The van der Waals surface area contributed by atoms with Crippen LogP contribution in [-0.2, 0) is 0 Å². The highest BCUT2D eigenvalue weighted by Crippen LogP contribution is 2.19. The van der Waals surface area contributed by atoms with Gasteiger partial charge in [0.25, 0.3) is 0 Å². The predicted octanol–water partition coefficient (Wildman–Crippen LogP) is 2.55. The molecule has 0 saturated heterocycles. The molecular formula is C13H20N2O. The average molecular weight is 220 g/mol. The lowest BCUT2D eigenvalue weighted by atomic mass is 10.1. The van der Waals surface area contributed by atoms with Gasteiger partial charge in [-0.3, -0.25) is 4.79 Å². The molecule has 1 atom stereocenters. The normalized spacial score (nSPS) is 12.2. The van der Waals surface area contributed by atoms with Gasteiger partial charge in [-0.15, -0.1) is 0 Å². The summed E-state index contributed by atoms with van der Waals surface area (Å²) >= 11 is 0. The summed E-state index contributed by atoms with van der Waals surface area (Å²) in [4.78, 5) is 11.2. The number of nitrogens with one attached hydrogen (secondary N) is 1. The summed E-state index contributed by atoms with van der Waals surface area (Å²) in [6, 6.07) is 5.59. The topological polar surface area (TPSA) is 55.1 Å². The van der Waals surface area contributed by atoms with Crippen molar-refractivity contribution in [1.29, 1.82) is 0 Å². The van der Waals surface area contributed by atoms with Crippen LogP contribution < -0.4 is 11.1 Å². The Bertz CT molecular complexity index is 374. The number of carbonyl (C=O) groups excluding carboxylic acids is 1. The molecule has 0 fully saturated rings. The second-order valence-electron chi connectivity index (χ2n) is 4.24. The summed E-state index contributed by atoms with van der Waals surface area (Å²) in [5.41, 5.74) is 7.82. The van der Waals surface area contributed by atoms with Crippen LogP contribution in [0.3, 0.4) is 0 Å². The van der Waals surface area contributed by atoms with Crippen molar-refractivity contribution >= 4 is 11.6 Å². The van der Waals surface area contributed by atoms with E-state index in [1.165, 1.54) is 0 Å². The summed E-state index contributed by atoms with van der Waals surface area (Å²) in [7, 11) is 0. The lowest BCUT2D eigenvalue weighted by molar-refractivity contribution is 0.1000. The Morgan fingerprint density at radius 3 is 2.75 bits per heavy atom. The smallest absolute Gasteiger partial charge is 0.249 e. The molecule has 0 radical (unpaired) electrons. The van der Waals surface area contributed by atoms with E-state index in [4.69, 9.17) is 5.73 Å². The zero-order valence-electron chi connectivity index (χ0n) is 10.2. The molecular weight excluding hydrogens is 200 g/mol. The van der Waals surface area contributed by atoms with E-state index in [1.807, 2.05) is 19.1 Å². The second kappa shape index (κ2) is 5.54. The summed E-state index contributed by atoms with van der Waals surface area (Å²) in [6.45, 7) is 7.19. The molecule has 0 saturated carbocycles. The van der Waals surface area contributed by atoms with Crippen LogP contribution in [0.15, 0.2) is 18.2 Å². The molecule has 88 valence electrons. The van der Waals surface area contributed by atoms with Crippen molar-refractivity contribution in [3.05, 3.63) is 29.3 Å². The number of anilines is 1. The molecule has 0 aliphatic rings. The van der Waals surface area contributed by atoms with E-state index in [1.54, 1.807) is 6.07 Å². The Hall–Kier alpha value is -1.51. The summed E-state index contributed by atoms with van der Waals surface area (Å²) in [5.74, 6) is 0.251. The minimum atomic E-state index is -0.371. The third-order valence-electron chi connectivity index (χ3n) is 2.94. The molecule has 1 aromatic carbocycles. The number of hydrogen-bond acceptors (Lipinski definition) is 2. The van der Waals surface area contributed by atoms with E-state index in [0.717, 1.165) is 24.2 Å². The Balaban J connectivity index is 2.81. The number of carbonyl (C=O) groups is 1. The first-order valence-electron chi connectivity index (χ1n) is 5.69. The van der Waals surface area contributed by atoms with E-state index in [9.17, 15) is 4.79 Å². The molecule has 1 aromatic rings. The molecule has 3 nitrogen and oxygen atoms in total. The van der Waals surface area contributed by atoms with Crippen LogP contribution in [0.2, 0.25) is 0 Å². The summed E-state index contributed by atoms with van der Waals surface area (Å²) < 4.78 is 0. The Morgan fingerprint density at radius 2 is 2.19 bits per heavy atom. The van der Waals surface area contributed by atoms with E-state index in [2.05, 4.69) is 19.2 Å². The van der Waals surface area contributed by atoms with Crippen molar-refractivity contribution < 1.29 is 4.79 Å². The van der Waals surface area contributed by atoms with Gasteiger partial charge < -0.3 is 11.1 Å². The molecule has 3 heteroatoms. The summed E-state index contributed by atoms with van der Waals surface area (Å²) in [6.07, 6.45) is 1.14. The van der Waals surface area contributed by atoms with Gasteiger partial charge in [0.2, 0.25) is 5.91 Å². The van der Waals surface area contributed by atoms with Crippen molar-refractivity contribution in [1.82, 2.24) is 0 Å². The van der Waals surface area contributed by atoms with Crippen LogP contribution in [0, 0.1) is 12.8 Å². The van der Waals surface area contributed by atoms with Gasteiger partial charge >= 0.3 is 0 Å². The molecule has 1 unspecified atom stereocenters. The van der Waals surface area contributed by atoms with Crippen LogP contribution >= 0.6 is 0 Å². The number of primary amides is 1. The molecule has 1 amide bonds. The first kappa shape index (κ1) is 12.6. The standard InChI is InChI=1S/C13H20N2O/c1-4-9(2)8-15-12-7-5-6-11(10(12)3)13(14)16/h5-7,9,15H,4,8H2,1-3H3,(H2,14,16). The molecule has 16 heavy (non-hydrogen) atoms. The fourth-order valence-electron chi connectivity index (χ4n) is 1.52. The maximum atomic E-state index is 11.2. The fraction of sp³-hybridized carbons (Fsp3) is 0.462. The molecule has 0 heterocycles. The zero-order chi connectivity index (χ0) is 12.1. The first-order chi connectivity index (χ1) is 7.56. The van der Waals surface area contributed by atoms with Crippen molar-refractivity contribution in [2.75, 3.05) is 11.9 Å². The van der Waals surface area contributed by atoms with Crippen molar-refractivity contribution in [2.45, 2.75) is 27.2 Å². The lowest BCUT2D eigenvalue weighted by Gasteiger charge is -2.14. The van der Waals surface area contributed by atoms with E-state index in [-0.39, 0.29) is 5.91 Å². The zero-order valence-corrected chi connectivity index (χ0v) is 10.2. The molecule has 0 bridgehead atoms. The van der Waals surface area contributed by atoms with Crippen LogP contribution in [0.4, 0.5) is 5.69 Å². The van der Waals surface area contributed by atoms with Gasteiger partial charge in [0.05, 0.1) is 0 Å². The van der Waals surface area contributed by atoms with Crippen molar-refractivity contribution in [3.63, 3.8) is 0 Å².